The maximum atomic E-state index is 13.1. The summed E-state index contributed by atoms with van der Waals surface area (Å²) < 4.78 is 0. The molecule has 0 unspecified atom stereocenters. The van der Waals surface area contributed by atoms with Gasteiger partial charge in [0.05, 0.1) is 17.2 Å². The van der Waals surface area contributed by atoms with Crippen LogP contribution in [0.2, 0.25) is 0 Å². The van der Waals surface area contributed by atoms with Gasteiger partial charge < -0.3 is 10.0 Å². The first-order valence-electron chi connectivity index (χ1n) is 8.51. The Labute approximate surface area is 136 Å². The summed E-state index contributed by atoms with van der Waals surface area (Å²) in [4.78, 5) is 19.4. The highest BCUT2D eigenvalue weighted by Gasteiger charge is 2.45. The van der Waals surface area contributed by atoms with Crippen molar-refractivity contribution in [2.24, 2.45) is 5.41 Å². The van der Waals surface area contributed by atoms with Crippen molar-refractivity contribution in [1.82, 2.24) is 9.88 Å². The van der Waals surface area contributed by atoms with Gasteiger partial charge in [-0.25, -0.2) is 0 Å². The van der Waals surface area contributed by atoms with Crippen LogP contribution in [0.3, 0.4) is 0 Å². The zero-order chi connectivity index (χ0) is 15.9. The van der Waals surface area contributed by atoms with Crippen molar-refractivity contribution in [2.45, 2.75) is 38.2 Å². The zero-order valence-corrected chi connectivity index (χ0v) is 13.2. The van der Waals surface area contributed by atoms with E-state index >= 15 is 0 Å². The SMILES string of the molecule is O=C(c1ccnc2ccccc12)N1CCC[C@@]2(CCC[C@H]2O)C1. The fraction of sp³-hybridized carbons (Fsp3) is 0.474. The van der Waals surface area contributed by atoms with Crippen LogP contribution >= 0.6 is 0 Å². The van der Waals surface area contributed by atoms with Crippen molar-refractivity contribution < 1.29 is 9.90 Å². The van der Waals surface area contributed by atoms with Crippen molar-refractivity contribution in [3.63, 3.8) is 0 Å². The van der Waals surface area contributed by atoms with Gasteiger partial charge in [0.1, 0.15) is 0 Å². The van der Waals surface area contributed by atoms with Gasteiger partial charge in [-0.05, 0) is 37.8 Å². The number of rotatable bonds is 1. The highest BCUT2D eigenvalue weighted by Crippen LogP contribution is 2.45. The van der Waals surface area contributed by atoms with Crippen LogP contribution in [0.15, 0.2) is 36.5 Å². The predicted molar refractivity (Wildman–Crippen MR) is 89.2 cm³/mol. The molecule has 1 aliphatic carbocycles. The smallest absolute Gasteiger partial charge is 0.254 e. The maximum absolute atomic E-state index is 13.1. The first kappa shape index (κ1) is 14.6. The number of benzene rings is 1. The molecule has 1 spiro atoms. The standard InChI is InChI=1S/C19H22N2O2/c22-17-7-3-9-19(17)10-4-12-21(13-19)18(23)15-8-11-20-16-6-2-1-5-14(15)16/h1-2,5-6,8,11,17,22H,3-4,7,9-10,12-13H2/t17-,19+/m1/s1. The van der Waals surface area contributed by atoms with Crippen LogP contribution in [-0.4, -0.2) is 40.1 Å². The molecular weight excluding hydrogens is 288 g/mol. The number of likely N-dealkylation sites (tertiary alicyclic amines) is 1. The Balaban J connectivity index is 1.66. The summed E-state index contributed by atoms with van der Waals surface area (Å²) >= 11 is 0. The molecule has 1 saturated heterocycles. The first-order chi connectivity index (χ1) is 11.2. The van der Waals surface area contributed by atoms with Crippen molar-refractivity contribution in [3.8, 4) is 0 Å². The minimum absolute atomic E-state index is 0.0711. The topological polar surface area (TPSA) is 53.4 Å². The van der Waals surface area contributed by atoms with Crippen LogP contribution in [0.5, 0.6) is 0 Å². The van der Waals surface area contributed by atoms with E-state index in [0.29, 0.717) is 6.54 Å². The quantitative estimate of drug-likeness (QED) is 0.881. The van der Waals surface area contributed by atoms with Gasteiger partial charge in [-0.1, -0.05) is 24.6 Å². The van der Waals surface area contributed by atoms with E-state index in [1.165, 1.54) is 0 Å². The van der Waals surface area contributed by atoms with Gasteiger partial charge in [0.2, 0.25) is 0 Å². The molecule has 1 saturated carbocycles. The molecule has 2 heterocycles. The Morgan fingerprint density at radius 2 is 2.04 bits per heavy atom. The van der Waals surface area contributed by atoms with Crippen molar-refractivity contribution in [2.75, 3.05) is 13.1 Å². The second kappa shape index (κ2) is 5.60. The number of para-hydroxylation sites is 1. The van der Waals surface area contributed by atoms with E-state index in [1.807, 2.05) is 35.2 Å². The van der Waals surface area contributed by atoms with Gasteiger partial charge >= 0.3 is 0 Å². The minimum Gasteiger partial charge on any atom is -0.392 e. The molecule has 4 nitrogen and oxygen atoms in total. The molecule has 2 fully saturated rings. The number of piperidine rings is 1. The van der Waals surface area contributed by atoms with Gasteiger partial charge in [0, 0.05) is 30.1 Å². The molecule has 1 amide bonds. The molecule has 4 rings (SSSR count). The van der Waals surface area contributed by atoms with Crippen LogP contribution in [0.25, 0.3) is 10.9 Å². The summed E-state index contributed by atoms with van der Waals surface area (Å²) in [5.74, 6) is 0.0711. The average Bonchev–Trinajstić information content (AvgIpc) is 2.93. The number of fused-ring (bicyclic) bond motifs is 1. The Bertz CT molecular complexity index is 740. The van der Waals surface area contributed by atoms with Crippen LogP contribution in [0.4, 0.5) is 0 Å². The summed E-state index contributed by atoms with van der Waals surface area (Å²) in [5, 5.41) is 11.3. The van der Waals surface area contributed by atoms with Gasteiger partial charge in [-0.3, -0.25) is 9.78 Å². The van der Waals surface area contributed by atoms with Crippen LogP contribution in [0, 0.1) is 5.41 Å². The van der Waals surface area contributed by atoms with E-state index in [-0.39, 0.29) is 17.4 Å². The lowest BCUT2D eigenvalue weighted by atomic mass is 9.76. The lowest BCUT2D eigenvalue weighted by Gasteiger charge is -2.42. The number of carbonyl (C=O) groups excluding carboxylic acids is 1. The Morgan fingerprint density at radius 3 is 2.87 bits per heavy atom. The molecular formula is C19H22N2O2. The summed E-state index contributed by atoms with van der Waals surface area (Å²) in [6.07, 6.45) is 6.45. The summed E-state index contributed by atoms with van der Waals surface area (Å²) in [5.41, 5.74) is 1.50. The van der Waals surface area contributed by atoms with E-state index in [2.05, 4.69) is 4.98 Å². The molecule has 0 radical (unpaired) electrons. The molecule has 2 aromatic rings. The Hall–Kier alpha value is -1.94. The largest absolute Gasteiger partial charge is 0.392 e. The maximum Gasteiger partial charge on any atom is 0.254 e. The molecule has 1 aromatic heterocycles. The molecule has 2 aliphatic rings. The van der Waals surface area contributed by atoms with Gasteiger partial charge in [-0.2, -0.15) is 0 Å². The van der Waals surface area contributed by atoms with Crippen molar-refractivity contribution >= 4 is 16.8 Å². The van der Waals surface area contributed by atoms with Crippen LogP contribution in [-0.2, 0) is 0 Å². The number of carbonyl (C=O) groups is 1. The number of aliphatic hydroxyl groups excluding tert-OH is 1. The number of aromatic nitrogens is 1. The van der Waals surface area contributed by atoms with E-state index in [0.717, 1.165) is 55.1 Å². The fourth-order valence-electron chi connectivity index (χ4n) is 4.38. The van der Waals surface area contributed by atoms with Gasteiger partial charge in [0.15, 0.2) is 0 Å². The summed E-state index contributed by atoms with van der Waals surface area (Å²) in [7, 11) is 0. The lowest BCUT2D eigenvalue weighted by Crippen LogP contribution is -2.49. The minimum atomic E-state index is -0.257. The molecule has 120 valence electrons. The fourth-order valence-corrected chi connectivity index (χ4v) is 4.38. The summed E-state index contributed by atoms with van der Waals surface area (Å²) in [6, 6.07) is 9.59. The third kappa shape index (κ3) is 2.41. The van der Waals surface area contributed by atoms with Crippen LogP contribution in [0.1, 0.15) is 42.5 Å². The zero-order valence-electron chi connectivity index (χ0n) is 13.2. The van der Waals surface area contributed by atoms with Crippen molar-refractivity contribution in [1.29, 1.82) is 0 Å². The molecule has 23 heavy (non-hydrogen) atoms. The third-order valence-corrected chi connectivity index (χ3v) is 5.63. The lowest BCUT2D eigenvalue weighted by molar-refractivity contribution is -0.00529. The molecule has 2 atom stereocenters. The first-order valence-corrected chi connectivity index (χ1v) is 8.51. The second-order valence-corrected chi connectivity index (χ2v) is 6.98. The second-order valence-electron chi connectivity index (χ2n) is 6.98. The van der Waals surface area contributed by atoms with E-state index in [1.54, 1.807) is 6.20 Å². The third-order valence-electron chi connectivity index (χ3n) is 5.63. The molecule has 1 aliphatic heterocycles. The van der Waals surface area contributed by atoms with Crippen LogP contribution < -0.4 is 0 Å². The van der Waals surface area contributed by atoms with Gasteiger partial charge in [-0.15, -0.1) is 0 Å². The highest BCUT2D eigenvalue weighted by molar-refractivity contribution is 6.06. The summed E-state index contributed by atoms with van der Waals surface area (Å²) in [6.45, 7) is 1.47. The molecule has 1 N–H and O–H groups in total. The van der Waals surface area contributed by atoms with E-state index in [9.17, 15) is 9.90 Å². The number of aliphatic hydroxyl groups is 1. The van der Waals surface area contributed by atoms with Gasteiger partial charge in [0.25, 0.3) is 5.91 Å². The van der Waals surface area contributed by atoms with E-state index < -0.39 is 0 Å². The predicted octanol–water partition coefficient (Wildman–Crippen LogP) is 3.00. The Morgan fingerprint density at radius 1 is 1.22 bits per heavy atom. The Kier molecular flexibility index (Phi) is 3.57. The number of hydrogen-bond donors (Lipinski definition) is 1. The van der Waals surface area contributed by atoms with E-state index in [4.69, 9.17) is 0 Å². The average molecular weight is 310 g/mol. The number of amides is 1. The number of nitrogens with zero attached hydrogens (tertiary/aromatic N) is 2. The normalized spacial score (nSPS) is 27.7. The number of hydrogen-bond acceptors (Lipinski definition) is 3. The monoisotopic (exact) mass is 310 g/mol. The highest BCUT2D eigenvalue weighted by atomic mass is 16.3. The van der Waals surface area contributed by atoms with Crippen molar-refractivity contribution in [3.05, 3.63) is 42.1 Å². The molecule has 0 bridgehead atoms. The molecule has 4 heteroatoms. The number of pyridine rings is 1. The molecule has 1 aromatic carbocycles.